The summed E-state index contributed by atoms with van der Waals surface area (Å²) in [5.41, 5.74) is 14.4. The van der Waals surface area contributed by atoms with Crippen LogP contribution in [0.3, 0.4) is 0 Å². The normalized spacial score (nSPS) is 13.2. The van der Waals surface area contributed by atoms with E-state index >= 15 is 0 Å². The molecule has 6 N–H and O–H groups in total. The fourth-order valence-electron chi connectivity index (χ4n) is 7.02. The van der Waals surface area contributed by atoms with Gasteiger partial charge in [-0.25, -0.2) is 0 Å². The highest BCUT2D eigenvalue weighted by Crippen LogP contribution is 2.45. The minimum atomic E-state index is -0.496. The van der Waals surface area contributed by atoms with Gasteiger partial charge in [-0.15, -0.1) is 0 Å². The smallest absolute Gasteiger partial charge is 0.198 e. The summed E-state index contributed by atoms with van der Waals surface area (Å²) in [6.45, 7) is 4.08. The molecule has 260 valence electrons. The highest BCUT2D eigenvalue weighted by Gasteiger charge is 2.37. The number of rotatable bonds is 6. The Morgan fingerprint density at radius 3 is 1.09 bits per heavy atom. The first kappa shape index (κ1) is 33.0. The zero-order valence-electron chi connectivity index (χ0n) is 28.4. The van der Waals surface area contributed by atoms with Gasteiger partial charge in [0.25, 0.3) is 0 Å². The van der Waals surface area contributed by atoms with Crippen molar-refractivity contribution in [3.63, 3.8) is 0 Å². The number of phenolic OH excluding ortho intramolecular Hbond substituents is 2. The molecule has 0 unspecified atom stereocenters. The van der Waals surface area contributed by atoms with Gasteiger partial charge >= 0.3 is 0 Å². The number of ether oxygens (including phenoxy) is 2. The fourth-order valence-corrected chi connectivity index (χ4v) is 7.02. The first-order valence-corrected chi connectivity index (χ1v) is 16.6. The predicted molar refractivity (Wildman–Crippen MR) is 197 cm³/mol. The Labute approximate surface area is 302 Å². The summed E-state index contributed by atoms with van der Waals surface area (Å²) in [4.78, 5) is 52.9. The zero-order chi connectivity index (χ0) is 37.3. The van der Waals surface area contributed by atoms with Crippen molar-refractivity contribution in [2.24, 2.45) is 0 Å². The third kappa shape index (κ3) is 5.10. The Kier molecular flexibility index (Phi) is 7.44. The number of anilines is 2. The molecule has 53 heavy (non-hydrogen) atoms. The molecular formula is C43H30N2O8. The highest BCUT2D eigenvalue weighted by atomic mass is 16.5. The maximum absolute atomic E-state index is 13.3. The van der Waals surface area contributed by atoms with Crippen LogP contribution in [0.15, 0.2) is 109 Å². The zero-order valence-corrected chi connectivity index (χ0v) is 28.4. The van der Waals surface area contributed by atoms with Gasteiger partial charge in [-0.1, -0.05) is 86.6 Å². The largest absolute Gasteiger partial charge is 0.507 e. The van der Waals surface area contributed by atoms with E-state index in [0.717, 1.165) is 11.1 Å². The van der Waals surface area contributed by atoms with E-state index in [-0.39, 0.29) is 67.4 Å². The molecule has 2 aliphatic carbocycles. The Balaban J connectivity index is 1.01. The van der Waals surface area contributed by atoms with Gasteiger partial charge in [0.15, 0.2) is 34.6 Å². The number of ketones is 4. The van der Waals surface area contributed by atoms with Gasteiger partial charge in [0.2, 0.25) is 0 Å². The third-order valence-electron chi connectivity index (χ3n) is 9.97. The molecule has 10 nitrogen and oxygen atoms in total. The number of hydrogen-bond donors (Lipinski definition) is 4. The van der Waals surface area contributed by atoms with Gasteiger partial charge in [-0.05, 0) is 35.4 Å². The Hall–Kier alpha value is -7.20. The second kappa shape index (κ2) is 12.0. The molecule has 0 aliphatic heterocycles. The summed E-state index contributed by atoms with van der Waals surface area (Å²) in [7, 11) is 0. The van der Waals surface area contributed by atoms with Crippen LogP contribution in [0.5, 0.6) is 34.5 Å². The summed E-state index contributed by atoms with van der Waals surface area (Å²) in [6.07, 6.45) is 0. The Bertz CT molecular complexity index is 2410. The van der Waals surface area contributed by atoms with Crippen LogP contribution < -0.4 is 20.9 Å². The number of phenols is 2. The fraction of sp³-hybridized carbons (Fsp3) is 0.0698. The SMILES string of the molecule is CC(C)(c1ccc(Oc2cc(O)c3c(c2N)C(=O)c2ccccc2C3=O)cc1)c1ccc(Oc2cc(O)c3c(c2N)C(=O)c2ccccc2C3=O)cc1. The average Bonchev–Trinajstić information content (AvgIpc) is 3.16. The maximum Gasteiger partial charge on any atom is 0.198 e. The second-order valence-electron chi connectivity index (χ2n) is 13.4. The van der Waals surface area contributed by atoms with Crippen LogP contribution in [0.25, 0.3) is 0 Å². The summed E-state index contributed by atoms with van der Waals surface area (Å²) >= 11 is 0. The molecule has 0 saturated heterocycles. The molecule has 10 heteroatoms. The van der Waals surface area contributed by atoms with E-state index in [0.29, 0.717) is 11.5 Å². The topological polar surface area (TPSA) is 179 Å². The van der Waals surface area contributed by atoms with E-state index < -0.39 is 40.0 Å². The van der Waals surface area contributed by atoms with Gasteiger partial charge in [-0.3, -0.25) is 19.2 Å². The lowest BCUT2D eigenvalue weighted by atomic mass is 9.78. The molecule has 6 aromatic rings. The predicted octanol–water partition coefficient (Wildman–Crippen LogP) is 7.72. The minimum Gasteiger partial charge on any atom is -0.507 e. The number of carbonyl (C=O) groups excluding carboxylic acids is 4. The van der Waals surface area contributed by atoms with Crippen molar-refractivity contribution in [1.82, 2.24) is 0 Å². The van der Waals surface area contributed by atoms with Crippen LogP contribution in [0, 0.1) is 0 Å². The molecule has 0 bridgehead atoms. The number of nitrogen functional groups attached to an aromatic ring is 2. The number of aromatic hydroxyl groups is 2. The second-order valence-corrected chi connectivity index (χ2v) is 13.4. The van der Waals surface area contributed by atoms with E-state index in [4.69, 9.17) is 20.9 Å². The minimum absolute atomic E-state index is 0.0399. The van der Waals surface area contributed by atoms with E-state index in [9.17, 15) is 29.4 Å². The van der Waals surface area contributed by atoms with Crippen molar-refractivity contribution in [2.45, 2.75) is 19.3 Å². The van der Waals surface area contributed by atoms with Gasteiger partial charge in [0.05, 0.1) is 33.6 Å². The molecule has 0 spiro atoms. The lowest BCUT2D eigenvalue weighted by Gasteiger charge is -2.27. The van der Waals surface area contributed by atoms with Crippen LogP contribution in [0.1, 0.15) is 88.7 Å². The van der Waals surface area contributed by atoms with Gasteiger partial charge in [0.1, 0.15) is 23.0 Å². The first-order valence-electron chi connectivity index (χ1n) is 16.6. The molecule has 0 saturated carbocycles. The molecule has 6 aromatic carbocycles. The van der Waals surface area contributed by atoms with Crippen molar-refractivity contribution in [3.05, 3.63) is 165 Å². The van der Waals surface area contributed by atoms with Crippen LogP contribution in [0.4, 0.5) is 11.4 Å². The van der Waals surface area contributed by atoms with E-state index in [1.807, 2.05) is 38.1 Å². The number of fused-ring (bicyclic) bond motifs is 4. The van der Waals surface area contributed by atoms with Crippen LogP contribution in [-0.2, 0) is 5.41 Å². The van der Waals surface area contributed by atoms with Crippen molar-refractivity contribution in [3.8, 4) is 34.5 Å². The van der Waals surface area contributed by atoms with Gasteiger partial charge in [-0.2, -0.15) is 0 Å². The summed E-state index contributed by atoms with van der Waals surface area (Å²) in [5.74, 6) is -1.85. The van der Waals surface area contributed by atoms with Crippen molar-refractivity contribution in [2.75, 3.05) is 11.5 Å². The lowest BCUT2D eigenvalue weighted by molar-refractivity contribution is 0.0977. The van der Waals surface area contributed by atoms with E-state index in [1.165, 1.54) is 24.3 Å². The summed E-state index contributed by atoms with van der Waals surface area (Å²) in [5, 5.41) is 21.6. The summed E-state index contributed by atoms with van der Waals surface area (Å²) < 4.78 is 12.0. The molecule has 0 atom stereocenters. The molecule has 0 radical (unpaired) electrons. The third-order valence-corrected chi connectivity index (χ3v) is 9.97. The molecule has 8 rings (SSSR count). The van der Waals surface area contributed by atoms with Crippen LogP contribution >= 0.6 is 0 Å². The maximum atomic E-state index is 13.3. The van der Waals surface area contributed by atoms with Gasteiger partial charge in [0, 0.05) is 39.8 Å². The Morgan fingerprint density at radius 1 is 0.472 bits per heavy atom. The van der Waals surface area contributed by atoms with E-state index in [2.05, 4.69) is 0 Å². The molecule has 0 aromatic heterocycles. The number of carbonyl (C=O) groups is 4. The van der Waals surface area contributed by atoms with Crippen LogP contribution in [0.2, 0.25) is 0 Å². The first-order chi connectivity index (χ1) is 25.4. The number of nitrogens with two attached hydrogens (primary N) is 2. The number of hydrogen-bond acceptors (Lipinski definition) is 10. The Morgan fingerprint density at radius 2 is 0.774 bits per heavy atom. The molecular weight excluding hydrogens is 672 g/mol. The molecule has 2 aliphatic rings. The van der Waals surface area contributed by atoms with Crippen molar-refractivity contribution < 1.29 is 38.9 Å². The standard InChI is InChI=1S/C43H30N2O8/c1-43(2,21-11-15-23(16-12-21)52-31-19-29(46)33-35(37(31)44)41(50)27-9-5-3-7-25(27)39(33)48)22-13-17-24(18-14-22)53-32-20-30(47)34-36(38(32)45)42(51)28-10-6-4-8-26(28)40(34)49/h3-20,46-47H,44-45H2,1-2H3. The summed E-state index contributed by atoms with van der Waals surface area (Å²) in [6, 6.07) is 29.7. The molecule has 0 amide bonds. The van der Waals surface area contributed by atoms with E-state index in [1.54, 1.807) is 60.7 Å². The number of benzene rings is 6. The van der Waals surface area contributed by atoms with Crippen LogP contribution in [-0.4, -0.2) is 33.3 Å². The lowest BCUT2D eigenvalue weighted by Crippen LogP contribution is -2.22. The van der Waals surface area contributed by atoms with Crippen molar-refractivity contribution in [1.29, 1.82) is 0 Å². The quantitative estimate of drug-likeness (QED) is 0.0990. The molecule has 0 heterocycles. The molecule has 0 fully saturated rings. The highest BCUT2D eigenvalue weighted by molar-refractivity contribution is 6.32. The van der Waals surface area contributed by atoms with Gasteiger partial charge < -0.3 is 31.2 Å². The monoisotopic (exact) mass is 702 g/mol. The van der Waals surface area contributed by atoms with Crippen molar-refractivity contribution >= 4 is 34.5 Å². The average molecular weight is 703 g/mol.